The van der Waals surface area contributed by atoms with Gasteiger partial charge in [0.2, 0.25) is 10.0 Å². The van der Waals surface area contributed by atoms with Gasteiger partial charge in [0.05, 0.1) is 24.5 Å². The van der Waals surface area contributed by atoms with Crippen LogP contribution < -0.4 is 17.0 Å². The number of rotatable bonds is 13. The van der Waals surface area contributed by atoms with Gasteiger partial charge in [0.15, 0.2) is 0 Å². The molecule has 0 aliphatic carbocycles. The Balaban J connectivity index is 0.00000442. The fraction of sp³-hybridized carbons (Fsp3) is 0.316. The van der Waals surface area contributed by atoms with Gasteiger partial charge in [0.25, 0.3) is 0 Å². The van der Waals surface area contributed by atoms with E-state index < -0.39 is 10.0 Å². The maximum Gasteiger partial charge on any atom is 0.243 e. The van der Waals surface area contributed by atoms with Gasteiger partial charge in [-0.2, -0.15) is 4.31 Å². The molecule has 0 aromatic heterocycles. The molecule has 5 aromatic carbocycles. The highest BCUT2D eigenvalue weighted by Crippen LogP contribution is 2.27. The fourth-order valence-corrected chi connectivity index (χ4v) is 8.00. The maximum absolute atomic E-state index is 14.2. The first-order chi connectivity index (χ1) is 20.7. The van der Waals surface area contributed by atoms with Crippen LogP contribution in [0.5, 0.6) is 0 Å². The van der Waals surface area contributed by atoms with E-state index in [0.29, 0.717) is 18.0 Å². The first-order valence-electron chi connectivity index (χ1n) is 15.6. The quantitative estimate of drug-likeness (QED) is 0.120. The molecule has 0 aliphatic heterocycles. The van der Waals surface area contributed by atoms with E-state index in [0.717, 1.165) is 70.6 Å². The smallest absolute Gasteiger partial charge is 0.243 e. The van der Waals surface area contributed by atoms with Crippen molar-refractivity contribution in [1.29, 1.82) is 0 Å². The number of hydrogen-bond acceptors (Lipinski definition) is 2. The van der Waals surface area contributed by atoms with E-state index in [9.17, 15) is 8.42 Å². The van der Waals surface area contributed by atoms with E-state index in [1.54, 1.807) is 10.4 Å². The number of aryl methyl sites for hydroxylation is 2. The zero-order valence-corrected chi connectivity index (χ0v) is 28.9. The molecule has 0 fully saturated rings. The van der Waals surface area contributed by atoms with Crippen molar-refractivity contribution in [2.24, 2.45) is 0 Å². The normalized spacial score (nSPS) is 12.1. The van der Waals surface area contributed by atoms with Gasteiger partial charge in [-0.3, -0.25) is 0 Å². The lowest BCUT2D eigenvalue weighted by Gasteiger charge is -2.37. The Morgan fingerprint density at radius 1 is 0.682 bits per heavy atom. The summed E-state index contributed by atoms with van der Waals surface area (Å²) in [5, 5.41) is 4.21. The van der Waals surface area contributed by atoms with Gasteiger partial charge in [-0.15, -0.1) is 0 Å². The van der Waals surface area contributed by atoms with Crippen molar-refractivity contribution in [3.8, 4) is 0 Å². The van der Waals surface area contributed by atoms with Crippen LogP contribution >= 0.6 is 0 Å². The van der Waals surface area contributed by atoms with Crippen molar-refractivity contribution >= 4 is 31.6 Å². The van der Waals surface area contributed by atoms with Crippen LogP contribution in [0.4, 0.5) is 0 Å². The number of unbranched alkanes of at least 4 members (excludes halogenated alkanes) is 1. The molecule has 4 nitrogen and oxygen atoms in total. The van der Waals surface area contributed by atoms with E-state index in [-0.39, 0.29) is 17.0 Å². The molecule has 44 heavy (non-hydrogen) atoms. The van der Waals surface area contributed by atoms with Crippen LogP contribution in [-0.2, 0) is 23.1 Å². The van der Waals surface area contributed by atoms with Crippen molar-refractivity contribution in [2.75, 3.05) is 26.2 Å². The minimum atomic E-state index is -3.72. The molecule has 0 atom stereocenters. The summed E-state index contributed by atoms with van der Waals surface area (Å²) in [6.45, 7) is 13.9. The monoisotopic (exact) mass is 672 g/mol. The third-order valence-electron chi connectivity index (χ3n) is 9.02. The Labute approximate surface area is 274 Å². The maximum atomic E-state index is 14.2. The van der Waals surface area contributed by atoms with Crippen molar-refractivity contribution < 1.29 is 29.9 Å². The molecule has 0 spiro atoms. The second kappa shape index (κ2) is 14.8. The first-order valence-corrected chi connectivity index (χ1v) is 17.0. The summed E-state index contributed by atoms with van der Waals surface area (Å²) in [6, 6.07) is 34.7. The van der Waals surface area contributed by atoms with Crippen LogP contribution in [0, 0.1) is 13.8 Å². The molecule has 0 heterocycles. The van der Waals surface area contributed by atoms with E-state index >= 15 is 0 Å². The first kappa shape index (κ1) is 33.9. The molecule has 0 radical (unpaired) electrons. The highest BCUT2D eigenvalue weighted by molar-refractivity contribution is 7.89. The number of hydrogen-bond donors (Lipinski definition) is 0. The highest BCUT2D eigenvalue weighted by Gasteiger charge is 2.27. The standard InChI is InChI=1S/C38H45N2O2S.BrH/c1-5-40(6-2,29-32-25-30(3)24-31(4)26-32)23-12-11-22-39(28-36-18-13-17-34-15-9-10-19-38(34)36)43(41,42)37-21-20-33-14-7-8-16-35(33)27-37;/h7-10,13-21,24-27H,5-6,11-12,22-23,28-29H2,1-4H3;1H/q+1;/p-1. The number of halogens is 1. The average molecular weight is 674 g/mol. The minimum absolute atomic E-state index is 0. The third kappa shape index (κ3) is 7.78. The van der Waals surface area contributed by atoms with Gasteiger partial charge in [-0.1, -0.05) is 102 Å². The van der Waals surface area contributed by atoms with Gasteiger partial charge >= 0.3 is 0 Å². The lowest BCUT2D eigenvalue weighted by Crippen LogP contribution is -3.00. The molecule has 6 heteroatoms. The van der Waals surface area contributed by atoms with Gasteiger partial charge in [-0.25, -0.2) is 8.42 Å². The predicted octanol–water partition coefficient (Wildman–Crippen LogP) is 5.64. The van der Waals surface area contributed by atoms with Crippen LogP contribution in [0.2, 0.25) is 0 Å². The SMILES string of the molecule is CC[N+](CC)(CCCCN(Cc1cccc2ccccc12)S(=O)(=O)c1ccc2ccccc2c1)Cc1cc(C)cc(C)c1.[Br-]. The zero-order chi connectivity index (χ0) is 30.5. The largest absolute Gasteiger partial charge is 1.00 e. The summed E-state index contributed by atoms with van der Waals surface area (Å²) >= 11 is 0. The van der Waals surface area contributed by atoms with Crippen LogP contribution in [0.15, 0.2) is 108 Å². The second-order valence-electron chi connectivity index (χ2n) is 12.0. The molecule has 0 bridgehead atoms. The van der Waals surface area contributed by atoms with E-state index in [4.69, 9.17) is 0 Å². The molecule has 5 aromatic rings. The Morgan fingerprint density at radius 2 is 1.32 bits per heavy atom. The summed E-state index contributed by atoms with van der Waals surface area (Å²) in [7, 11) is -3.72. The molecule has 232 valence electrons. The average Bonchev–Trinajstić information content (AvgIpc) is 3.01. The molecular weight excluding hydrogens is 628 g/mol. The van der Waals surface area contributed by atoms with Gasteiger partial charge in [0.1, 0.15) is 6.54 Å². The van der Waals surface area contributed by atoms with Gasteiger partial charge < -0.3 is 21.5 Å². The van der Waals surface area contributed by atoms with Gasteiger partial charge in [0, 0.05) is 18.7 Å². The van der Waals surface area contributed by atoms with Crippen molar-refractivity contribution in [2.45, 2.75) is 58.5 Å². The topological polar surface area (TPSA) is 37.4 Å². The molecule has 5 rings (SSSR count). The summed E-state index contributed by atoms with van der Waals surface area (Å²) in [5.41, 5.74) is 5.04. The van der Waals surface area contributed by atoms with E-state index in [1.807, 2.05) is 54.6 Å². The summed E-state index contributed by atoms with van der Waals surface area (Å²) in [6.07, 6.45) is 1.77. The second-order valence-corrected chi connectivity index (χ2v) is 14.0. The van der Waals surface area contributed by atoms with Crippen molar-refractivity contribution in [3.05, 3.63) is 125 Å². The number of quaternary nitrogens is 1. The van der Waals surface area contributed by atoms with Crippen LogP contribution in [-0.4, -0.2) is 43.4 Å². The lowest BCUT2D eigenvalue weighted by atomic mass is 10.0. The minimum Gasteiger partial charge on any atom is -1.00 e. The Kier molecular flexibility index (Phi) is 11.4. The number of benzene rings is 5. The predicted molar refractivity (Wildman–Crippen MR) is 181 cm³/mol. The number of fused-ring (bicyclic) bond motifs is 2. The summed E-state index contributed by atoms with van der Waals surface area (Å²) in [5.74, 6) is 0. The van der Waals surface area contributed by atoms with Crippen molar-refractivity contribution in [3.63, 3.8) is 0 Å². The Bertz CT molecular complexity index is 1790. The molecule has 0 saturated carbocycles. The van der Waals surface area contributed by atoms with Crippen LogP contribution in [0.3, 0.4) is 0 Å². The third-order valence-corrected chi connectivity index (χ3v) is 10.9. The number of sulfonamides is 1. The fourth-order valence-electron chi connectivity index (χ4n) is 6.51. The Morgan fingerprint density at radius 3 is 2.02 bits per heavy atom. The molecule has 0 aliphatic rings. The zero-order valence-electron chi connectivity index (χ0n) is 26.5. The van der Waals surface area contributed by atoms with Gasteiger partial charge in [-0.05, 0) is 79.8 Å². The van der Waals surface area contributed by atoms with E-state index in [1.165, 1.54) is 16.7 Å². The van der Waals surface area contributed by atoms with E-state index in [2.05, 4.69) is 70.2 Å². The lowest BCUT2D eigenvalue weighted by molar-refractivity contribution is -0.938. The molecule has 0 saturated heterocycles. The Hall–Kier alpha value is -3.03. The summed E-state index contributed by atoms with van der Waals surface area (Å²) < 4.78 is 31.2. The van der Waals surface area contributed by atoms with Crippen molar-refractivity contribution in [1.82, 2.24) is 4.31 Å². The van der Waals surface area contributed by atoms with Crippen LogP contribution in [0.25, 0.3) is 21.5 Å². The highest BCUT2D eigenvalue weighted by atomic mass is 79.9. The summed E-state index contributed by atoms with van der Waals surface area (Å²) in [4.78, 5) is 0.355. The van der Waals surface area contributed by atoms with Crippen LogP contribution in [0.1, 0.15) is 48.9 Å². The molecule has 0 unspecified atom stereocenters. The molecular formula is C38H45BrN2O2S. The number of nitrogens with zero attached hydrogens (tertiary/aromatic N) is 2. The molecule has 0 N–H and O–H groups in total. The molecule has 0 amide bonds.